The Kier molecular flexibility index (Phi) is 5.30. The Balaban J connectivity index is 2.01. The zero-order chi connectivity index (χ0) is 15.2. The van der Waals surface area contributed by atoms with Gasteiger partial charge in [-0.1, -0.05) is 17.7 Å². The van der Waals surface area contributed by atoms with Crippen LogP contribution < -0.4 is 10.6 Å². The largest absolute Gasteiger partial charge is 0.352 e. The monoisotopic (exact) mass is 306 g/mol. The number of nitrogens with zero attached hydrogens (tertiary/aromatic N) is 4. The number of aromatic nitrogens is 3. The van der Waals surface area contributed by atoms with Crippen LogP contribution in [0.1, 0.15) is 5.56 Å². The summed E-state index contributed by atoms with van der Waals surface area (Å²) in [6.45, 7) is 3.62. The summed E-state index contributed by atoms with van der Waals surface area (Å²) in [7, 11) is 4.03. The van der Waals surface area contributed by atoms with Gasteiger partial charge < -0.3 is 15.5 Å². The minimum absolute atomic E-state index is 0.500. The highest BCUT2D eigenvalue weighted by Gasteiger charge is 2.03. The van der Waals surface area contributed by atoms with Gasteiger partial charge in [0.15, 0.2) is 5.82 Å². The maximum absolute atomic E-state index is 6.10. The molecule has 2 N–H and O–H groups in total. The van der Waals surface area contributed by atoms with Crippen molar-refractivity contribution in [2.75, 3.05) is 37.8 Å². The van der Waals surface area contributed by atoms with Crippen LogP contribution >= 0.6 is 11.6 Å². The Bertz CT molecular complexity index is 602. The lowest BCUT2D eigenvalue weighted by molar-refractivity contribution is 0.425. The van der Waals surface area contributed by atoms with Gasteiger partial charge in [0.2, 0.25) is 5.95 Å². The number of aryl methyl sites for hydroxylation is 1. The Morgan fingerprint density at radius 3 is 2.81 bits per heavy atom. The fraction of sp³-hybridized carbons (Fsp3) is 0.357. The van der Waals surface area contributed by atoms with E-state index in [9.17, 15) is 0 Å². The van der Waals surface area contributed by atoms with Gasteiger partial charge in [-0.05, 0) is 38.7 Å². The highest BCUT2D eigenvalue weighted by molar-refractivity contribution is 6.31. The Labute approximate surface area is 129 Å². The van der Waals surface area contributed by atoms with E-state index in [1.54, 1.807) is 6.20 Å². The van der Waals surface area contributed by atoms with Crippen LogP contribution in [0.15, 0.2) is 24.4 Å². The summed E-state index contributed by atoms with van der Waals surface area (Å²) in [6, 6.07) is 5.76. The molecule has 6 nitrogen and oxygen atoms in total. The fourth-order valence-electron chi connectivity index (χ4n) is 1.65. The number of likely N-dealkylation sites (N-methyl/N-ethyl adjacent to an activating group) is 1. The predicted octanol–water partition coefficient (Wildman–Crippen LogP) is 2.55. The van der Waals surface area contributed by atoms with Crippen molar-refractivity contribution in [3.05, 3.63) is 35.0 Å². The first-order chi connectivity index (χ1) is 10.0. The maximum atomic E-state index is 6.10. The van der Waals surface area contributed by atoms with Crippen molar-refractivity contribution in [1.29, 1.82) is 0 Å². The quantitative estimate of drug-likeness (QED) is 0.855. The van der Waals surface area contributed by atoms with Gasteiger partial charge in [-0.25, -0.2) is 0 Å². The topological polar surface area (TPSA) is 66.0 Å². The van der Waals surface area contributed by atoms with Gasteiger partial charge in [0.1, 0.15) is 0 Å². The second-order valence-corrected chi connectivity index (χ2v) is 5.39. The van der Waals surface area contributed by atoms with E-state index in [-0.39, 0.29) is 0 Å². The highest BCUT2D eigenvalue weighted by Crippen LogP contribution is 2.22. The van der Waals surface area contributed by atoms with Crippen LogP contribution in [0.25, 0.3) is 0 Å². The normalized spacial score (nSPS) is 10.7. The molecule has 0 aliphatic heterocycles. The molecule has 2 aromatic rings. The summed E-state index contributed by atoms with van der Waals surface area (Å²) in [4.78, 5) is 6.44. The van der Waals surface area contributed by atoms with Gasteiger partial charge in [-0.15, -0.1) is 5.10 Å². The Morgan fingerprint density at radius 1 is 1.29 bits per heavy atom. The van der Waals surface area contributed by atoms with Crippen LogP contribution in [0, 0.1) is 6.92 Å². The molecule has 0 saturated carbocycles. The van der Waals surface area contributed by atoms with E-state index >= 15 is 0 Å². The average molecular weight is 307 g/mol. The number of nitrogens with one attached hydrogen (secondary N) is 2. The molecule has 21 heavy (non-hydrogen) atoms. The molecule has 0 bridgehead atoms. The van der Waals surface area contributed by atoms with Crippen LogP contribution in [0.2, 0.25) is 5.02 Å². The second-order valence-electron chi connectivity index (χ2n) is 4.98. The third-order valence-corrected chi connectivity index (χ3v) is 3.25. The number of halogens is 1. The Hall–Kier alpha value is -1.92. The molecular weight excluding hydrogens is 288 g/mol. The minimum atomic E-state index is 0.500. The van der Waals surface area contributed by atoms with Crippen molar-refractivity contribution >= 4 is 29.1 Å². The second kappa shape index (κ2) is 7.19. The van der Waals surface area contributed by atoms with Gasteiger partial charge >= 0.3 is 0 Å². The summed E-state index contributed by atoms with van der Waals surface area (Å²) in [5.41, 5.74) is 1.90. The molecule has 0 saturated heterocycles. The van der Waals surface area contributed by atoms with Crippen molar-refractivity contribution in [3.63, 3.8) is 0 Å². The van der Waals surface area contributed by atoms with Crippen LogP contribution in [0.4, 0.5) is 17.5 Å². The minimum Gasteiger partial charge on any atom is -0.352 e. The van der Waals surface area contributed by atoms with E-state index in [1.807, 2.05) is 39.2 Å². The highest BCUT2D eigenvalue weighted by atomic mass is 35.5. The van der Waals surface area contributed by atoms with Crippen LogP contribution in [0.5, 0.6) is 0 Å². The summed E-state index contributed by atoms with van der Waals surface area (Å²) in [5, 5.41) is 14.9. The molecule has 0 amide bonds. The number of hydrogen-bond acceptors (Lipinski definition) is 6. The SMILES string of the molecule is Cc1ccc(Nc2cnnc(NCCN(C)C)n2)cc1Cl. The summed E-state index contributed by atoms with van der Waals surface area (Å²) in [6.07, 6.45) is 1.57. The van der Waals surface area contributed by atoms with Crippen molar-refractivity contribution in [2.45, 2.75) is 6.92 Å². The number of rotatable bonds is 6. The molecule has 0 aliphatic rings. The molecule has 0 aliphatic carbocycles. The zero-order valence-corrected chi connectivity index (χ0v) is 13.1. The number of hydrogen-bond donors (Lipinski definition) is 2. The maximum Gasteiger partial charge on any atom is 0.244 e. The molecule has 2 rings (SSSR count). The molecule has 1 heterocycles. The lowest BCUT2D eigenvalue weighted by Crippen LogP contribution is -2.21. The van der Waals surface area contributed by atoms with Crippen molar-refractivity contribution in [1.82, 2.24) is 20.1 Å². The van der Waals surface area contributed by atoms with E-state index in [0.29, 0.717) is 16.8 Å². The lowest BCUT2D eigenvalue weighted by Gasteiger charge is -2.11. The molecule has 112 valence electrons. The van der Waals surface area contributed by atoms with Crippen LogP contribution in [-0.4, -0.2) is 47.3 Å². The number of anilines is 3. The van der Waals surface area contributed by atoms with E-state index in [0.717, 1.165) is 24.3 Å². The third-order valence-electron chi connectivity index (χ3n) is 2.85. The molecule has 0 unspecified atom stereocenters. The van der Waals surface area contributed by atoms with Gasteiger partial charge in [-0.3, -0.25) is 0 Å². The van der Waals surface area contributed by atoms with Gasteiger partial charge in [-0.2, -0.15) is 10.1 Å². The lowest BCUT2D eigenvalue weighted by atomic mass is 10.2. The summed E-state index contributed by atoms with van der Waals surface area (Å²) >= 11 is 6.10. The van der Waals surface area contributed by atoms with E-state index in [2.05, 4.69) is 30.7 Å². The van der Waals surface area contributed by atoms with Crippen LogP contribution in [-0.2, 0) is 0 Å². The summed E-state index contributed by atoms with van der Waals surface area (Å²) < 4.78 is 0. The molecule has 0 spiro atoms. The molecule has 1 aromatic heterocycles. The molecule has 7 heteroatoms. The first-order valence-electron chi connectivity index (χ1n) is 6.66. The van der Waals surface area contributed by atoms with Gasteiger partial charge in [0.25, 0.3) is 0 Å². The van der Waals surface area contributed by atoms with Gasteiger partial charge in [0, 0.05) is 23.8 Å². The first-order valence-corrected chi connectivity index (χ1v) is 7.04. The zero-order valence-electron chi connectivity index (χ0n) is 12.4. The third kappa shape index (κ3) is 4.84. The smallest absolute Gasteiger partial charge is 0.244 e. The number of benzene rings is 1. The molecule has 0 radical (unpaired) electrons. The molecule has 0 atom stereocenters. The predicted molar refractivity (Wildman–Crippen MR) is 86.3 cm³/mol. The molecular formula is C14H19ClN6. The molecule has 1 aromatic carbocycles. The summed E-state index contributed by atoms with van der Waals surface area (Å²) in [5.74, 6) is 1.12. The van der Waals surface area contributed by atoms with Crippen LogP contribution in [0.3, 0.4) is 0 Å². The van der Waals surface area contributed by atoms with E-state index < -0.39 is 0 Å². The van der Waals surface area contributed by atoms with Gasteiger partial charge in [0.05, 0.1) is 6.20 Å². The Morgan fingerprint density at radius 2 is 2.10 bits per heavy atom. The van der Waals surface area contributed by atoms with Crippen molar-refractivity contribution < 1.29 is 0 Å². The first kappa shape index (κ1) is 15.5. The molecule has 0 fully saturated rings. The van der Waals surface area contributed by atoms with Crippen molar-refractivity contribution in [3.8, 4) is 0 Å². The average Bonchev–Trinajstić information content (AvgIpc) is 2.43. The van der Waals surface area contributed by atoms with Crippen molar-refractivity contribution in [2.24, 2.45) is 0 Å². The standard InChI is InChI=1S/C14H19ClN6/c1-10-4-5-11(8-12(10)15)18-13-9-17-20-14(19-13)16-6-7-21(2)3/h4-5,8-9H,6-7H2,1-3H3,(H2,16,18,19,20). The van der Waals surface area contributed by atoms with E-state index in [4.69, 9.17) is 11.6 Å². The van der Waals surface area contributed by atoms with E-state index in [1.165, 1.54) is 0 Å². The fourth-order valence-corrected chi connectivity index (χ4v) is 1.83.